The van der Waals surface area contributed by atoms with Crippen molar-refractivity contribution in [2.24, 2.45) is 0 Å². The summed E-state index contributed by atoms with van der Waals surface area (Å²) in [4.78, 5) is 25.1. The molecule has 2 aliphatic heterocycles. The third-order valence-electron chi connectivity index (χ3n) is 8.02. The smallest absolute Gasteiger partial charge is 0.251 e. The predicted octanol–water partition coefficient (Wildman–Crippen LogP) is 4.80. The van der Waals surface area contributed by atoms with Gasteiger partial charge in [-0.25, -0.2) is 4.98 Å². The van der Waals surface area contributed by atoms with Gasteiger partial charge in [-0.1, -0.05) is 19.4 Å². The highest BCUT2D eigenvalue weighted by molar-refractivity contribution is 5.96. The molecule has 1 amide bonds. The minimum atomic E-state index is 0.0259. The van der Waals surface area contributed by atoms with Crippen molar-refractivity contribution in [2.75, 3.05) is 19.6 Å². The van der Waals surface area contributed by atoms with Crippen molar-refractivity contribution >= 4 is 17.1 Å². The fraction of sp³-hybridized carbons (Fsp3) is 0.517. The molecule has 2 fully saturated rings. The van der Waals surface area contributed by atoms with E-state index in [-0.39, 0.29) is 11.9 Å². The SMILES string of the molecule is CCc1cc(/C(C)=C/C(=O)N2C=C(N3CCN(C4CCC4)[C@H](C)C3)C=CC2C)cn2cc(C)nc12. The van der Waals surface area contributed by atoms with Crippen LogP contribution in [0.15, 0.2) is 48.6 Å². The van der Waals surface area contributed by atoms with Gasteiger partial charge < -0.3 is 14.2 Å². The minimum Gasteiger partial charge on any atom is -0.368 e. The Bertz CT molecular complexity index is 1200. The number of hydrogen-bond donors (Lipinski definition) is 0. The number of piperazine rings is 1. The number of rotatable bonds is 5. The van der Waals surface area contributed by atoms with Gasteiger partial charge in [0, 0.05) is 56.4 Å². The first-order valence-electron chi connectivity index (χ1n) is 13.2. The standard InChI is InChI=1S/C29H39N5O/c1-6-24-15-25(18-32-16-21(3)30-29(24)32)20(2)14-28(35)34-19-27(11-10-22(34)4)31-12-13-33(23(5)17-31)26-8-7-9-26/h10-11,14-16,18-19,22-23,26H,6-9,12-13,17H2,1-5H3/b20-14+/t22?,23-/m1/s1. The molecule has 6 heteroatoms. The highest BCUT2D eigenvalue weighted by Gasteiger charge is 2.33. The average molecular weight is 474 g/mol. The molecule has 0 spiro atoms. The molecule has 6 nitrogen and oxygen atoms in total. The maximum atomic E-state index is 13.4. The Morgan fingerprint density at radius 1 is 1.20 bits per heavy atom. The van der Waals surface area contributed by atoms with E-state index in [2.05, 4.69) is 70.6 Å². The van der Waals surface area contributed by atoms with Gasteiger partial charge in [0.2, 0.25) is 0 Å². The lowest BCUT2D eigenvalue weighted by molar-refractivity contribution is -0.124. The zero-order chi connectivity index (χ0) is 24.7. The van der Waals surface area contributed by atoms with Crippen molar-refractivity contribution in [3.8, 4) is 0 Å². The second-order valence-electron chi connectivity index (χ2n) is 10.6. The van der Waals surface area contributed by atoms with Gasteiger partial charge in [0.25, 0.3) is 5.91 Å². The molecule has 2 atom stereocenters. The van der Waals surface area contributed by atoms with E-state index in [1.807, 2.05) is 24.9 Å². The number of aryl methyl sites for hydroxylation is 2. The molecule has 5 rings (SSSR count). The molecule has 1 unspecified atom stereocenters. The van der Waals surface area contributed by atoms with Crippen molar-refractivity contribution in [1.82, 2.24) is 24.1 Å². The molecule has 35 heavy (non-hydrogen) atoms. The van der Waals surface area contributed by atoms with Gasteiger partial charge in [-0.3, -0.25) is 9.69 Å². The summed E-state index contributed by atoms with van der Waals surface area (Å²) in [6.45, 7) is 13.8. The van der Waals surface area contributed by atoms with Crippen molar-refractivity contribution in [3.63, 3.8) is 0 Å². The van der Waals surface area contributed by atoms with E-state index in [9.17, 15) is 4.79 Å². The lowest BCUT2D eigenvalue weighted by Crippen LogP contribution is -2.56. The summed E-state index contributed by atoms with van der Waals surface area (Å²) in [6.07, 6.45) is 17.3. The van der Waals surface area contributed by atoms with Crippen molar-refractivity contribution in [2.45, 2.75) is 78.4 Å². The highest BCUT2D eigenvalue weighted by Crippen LogP contribution is 2.30. The van der Waals surface area contributed by atoms with Crippen LogP contribution in [-0.2, 0) is 11.2 Å². The number of nitrogens with zero attached hydrogens (tertiary/aromatic N) is 5. The van der Waals surface area contributed by atoms with Crippen LogP contribution < -0.4 is 0 Å². The molecule has 1 aliphatic carbocycles. The van der Waals surface area contributed by atoms with Gasteiger partial charge in [0.05, 0.1) is 17.4 Å². The molecule has 1 saturated heterocycles. The van der Waals surface area contributed by atoms with Crippen LogP contribution in [0.1, 0.15) is 63.8 Å². The topological polar surface area (TPSA) is 44.1 Å². The van der Waals surface area contributed by atoms with Gasteiger partial charge in [-0.2, -0.15) is 0 Å². The lowest BCUT2D eigenvalue weighted by atomic mass is 9.89. The monoisotopic (exact) mass is 473 g/mol. The van der Waals surface area contributed by atoms with Crippen LogP contribution in [0.5, 0.6) is 0 Å². The molecule has 0 radical (unpaired) electrons. The van der Waals surface area contributed by atoms with E-state index in [1.54, 1.807) is 6.08 Å². The largest absolute Gasteiger partial charge is 0.368 e. The number of amides is 1. The Balaban J connectivity index is 1.34. The van der Waals surface area contributed by atoms with Crippen molar-refractivity contribution in [3.05, 3.63) is 65.4 Å². The number of hydrogen-bond acceptors (Lipinski definition) is 4. The molecular weight excluding hydrogens is 434 g/mol. The number of aromatic nitrogens is 2. The molecule has 186 valence electrons. The summed E-state index contributed by atoms with van der Waals surface area (Å²) in [6, 6.07) is 3.54. The third kappa shape index (κ3) is 4.68. The number of allylic oxidation sites excluding steroid dienone is 2. The zero-order valence-electron chi connectivity index (χ0n) is 21.9. The molecule has 2 aromatic rings. The fourth-order valence-electron chi connectivity index (χ4n) is 5.66. The van der Waals surface area contributed by atoms with Crippen LogP contribution in [0.25, 0.3) is 11.2 Å². The molecule has 0 bridgehead atoms. The average Bonchev–Trinajstić information content (AvgIpc) is 3.18. The van der Waals surface area contributed by atoms with Gasteiger partial charge in [0.1, 0.15) is 5.65 Å². The molecule has 0 aromatic carbocycles. The Morgan fingerprint density at radius 2 is 2.00 bits per heavy atom. The summed E-state index contributed by atoms with van der Waals surface area (Å²) < 4.78 is 2.08. The number of imidazole rings is 1. The lowest BCUT2D eigenvalue weighted by Gasteiger charge is -2.48. The summed E-state index contributed by atoms with van der Waals surface area (Å²) in [5.74, 6) is 0.0259. The van der Waals surface area contributed by atoms with Crippen LogP contribution in [0, 0.1) is 6.92 Å². The van der Waals surface area contributed by atoms with Gasteiger partial charge >= 0.3 is 0 Å². The van der Waals surface area contributed by atoms with Gasteiger partial charge in [0.15, 0.2) is 0 Å². The number of fused-ring (bicyclic) bond motifs is 1. The highest BCUT2D eigenvalue weighted by atomic mass is 16.2. The first-order chi connectivity index (χ1) is 16.8. The van der Waals surface area contributed by atoms with Gasteiger partial charge in [-0.05, 0) is 75.8 Å². The number of carbonyl (C=O) groups excluding carboxylic acids is 1. The molecule has 4 heterocycles. The van der Waals surface area contributed by atoms with Crippen LogP contribution >= 0.6 is 0 Å². The molecular formula is C29H39N5O. The van der Waals surface area contributed by atoms with Gasteiger partial charge in [-0.15, -0.1) is 0 Å². The third-order valence-corrected chi connectivity index (χ3v) is 8.02. The normalized spacial score (nSPS) is 24.1. The van der Waals surface area contributed by atoms with E-state index in [1.165, 1.54) is 24.8 Å². The first-order valence-corrected chi connectivity index (χ1v) is 13.2. The number of pyridine rings is 1. The summed E-state index contributed by atoms with van der Waals surface area (Å²) >= 11 is 0. The maximum Gasteiger partial charge on any atom is 0.251 e. The quantitative estimate of drug-likeness (QED) is 0.586. The summed E-state index contributed by atoms with van der Waals surface area (Å²) in [5.41, 5.74) is 6.38. The van der Waals surface area contributed by atoms with Crippen LogP contribution in [0.4, 0.5) is 0 Å². The summed E-state index contributed by atoms with van der Waals surface area (Å²) in [7, 11) is 0. The molecule has 3 aliphatic rings. The van der Waals surface area contributed by atoms with E-state index >= 15 is 0 Å². The Hall–Kier alpha value is -2.86. The Morgan fingerprint density at radius 3 is 2.69 bits per heavy atom. The van der Waals surface area contributed by atoms with Crippen molar-refractivity contribution < 1.29 is 4.79 Å². The predicted molar refractivity (Wildman–Crippen MR) is 142 cm³/mol. The second-order valence-corrected chi connectivity index (χ2v) is 10.6. The first kappa shape index (κ1) is 23.9. The van der Waals surface area contributed by atoms with E-state index in [4.69, 9.17) is 0 Å². The minimum absolute atomic E-state index is 0.0259. The Kier molecular flexibility index (Phi) is 6.58. The number of carbonyl (C=O) groups is 1. The molecule has 1 saturated carbocycles. The fourth-order valence-corrected chi connectivity index (χ4v) is 5.66. The summed E-state index contributed by atoms with van der Waals surface area (Å²) in [5, 5.41) is 0. The maximum absolute atomic E-state index is 13.4. The van der Waals surface area contributed by atoms with Crippen LogP contribution in [-0.4, -0.2) is 67.8 Å². The van der Waals surface area contributed by atoms with Crippen LogP contribution in [0.2, 0.25) is 0 Å². The molecule has 0 N–H and O–H groups in total. The van der Waals surface area contributed by atoms with E-state index in [0.29, 0.717) is 6.04 Å². The second kappa shape index (κ2) is 9.65. The van der Waals surface area contributed by atoms with Crippen LogP contribution in [0.3, 0.4) is 0 Å². The Labute approximate surface area is 209 Å². The van der Waals surface area contributed by atoms with E-state index in [0.717, 1.165) is 60.3 Å². The zero-order valence-corrected chi connectivity index (χ0v) is 21.9. The molecule has 2 aromatic heterocycles. The van der Waals surface area contributed by atoms with E-state index < -0.39 is 0 Å². The van der Waals surface area contributed by atoms with Crippen molar-refractivity contribution in [1.29, 1.82) is 0 Å².